The van der Waals surface area contributed by atoms with E-state index in [4.69, 9.17) is 11.6 Å². The Labute approximate surface area is 171 Å². The van der Waals surface area contributed by atoms with Gasteiger partial charge >= 0.3 is 0 Å². The van der Waals surface area contributed by atoms with Crippen molar-refractivity contribution in [1.82, 2.24) is 0 Å². The SMILES string of the molecule is Cc1cccc(NC(=O)c2ccccc2NC(=O)c2cc([N+](=O)[O-])ccc2Cl)c1. The summed E-state index contributed by atoms with van der Waals surface area (Å²) in [5, 5.41) is 16.4. The molecule has 7 nitrogen and oxygen atoms in total. The van der Waals surface area contributed by atoms with Gasteiger partial charge in [0.25, 0.3) is 17.5 Å². The number of benzene rings is 3. The number of para-hydroxylation sites is 1. The van der Waals surface area contributed by atoms with E-state index in [1.165, 1.54) is 12.1 Å². The number of non-ortho nitro benzene ring substituents is 1. The average Bonchev–Trinajstić information content (AvgIpc) is 2.68. The fourth-order valence-corrected chi connectivity index (χ4v) is 2.91. The van der Waals surface area contributed by atoms with E-state index in [0.717, 1.165) is 11.6 Å². The summed E-state index contributed by atoms with van der Waals surface area (Å²) in [5.41, 5.74) is 1.79. The number of nitro groups is 1. The lowest BCUT2D eigenvalue weighted by Crippen LogP contribution is -2.18. The molecule has 2 N–H and O–H groups in total. The van der Waals surface area contributed by atoms with Crippen LogP contribution in [0.1, 0.15) is 26.3 Å². The van der Waals surface area contributed by atoms with Crippen molar-refractivity contribution in [1.29, 1.82) is 0 Å². The average molecular weight is 410 g/mol. The highest BCUT2D eigenvalue weighted by molar-refractivity contribution is 6.34. The van der Waals surface area contributed by atoms with Gasteiger partial charge in [-0.2, -0.15) is 0 Å². The first-order chi connectivity index (χ1) is 13.8. The molecular weight excluding hydrogens is 394 g/mol. The number of carbonyl (C=O) groups is 2. The number of aryl methyl sites for hydroxylation is 1. The van der Waals surface area contributed by atoms with Gasteiger partial charge in [0.15, 0.2) is 0 Å². The van der Waals surface area contributed by atoms with Crippen molar-refractivity contribution in [3.8, 4) is 0 Å². The van der Waals surface area contributed by atoms with Crippen molar-refractivity contribution in [2.75, 3.05) is 10.6 Å². The molecule has 0 aliphatic carbocycles. The maximum Gasteiger partial charge on any atom is 0.270 e. The molecule has 0 saturated heterocycles. The Kier molecular flexibility index (Phi) is 5.90. The number of carbonyl (C=O) groups excluding carboxylic acids is 2. The van der Waals surface area contributed by atoms with E-state index in [0.29, 0.717) is 5.69 Å². The van der Waals surface area contributed by atoms with Crippen LogP contribution in [0.15, 0.2) is 66.7 Å². The fraction of sp³-hybridized carbons (Fsp3) is 0.0476. The van der Waals surface area contributed by atoms with Gasteiger partial charge in [0.1, 0.15) is 0 Å². The van der Waals surface area contributed by atoms with Gasteiger partial charge in [-0.3, -0.25) is 19.7 Å². The second-order valence-corrected chi connectivity index (χ2v) is 6.65. The van der Waals surface area contributed by atoms with Crippen LogP contribution in [0.25, 0.3) is 0 Å². The maximum atomic E-state index is 12.7. The molecule has 0 spiro atoms. The van der Waals surface area contributed by atoms with E-state index in [1.807, 2.05) is 25.1 Å². The van der Waals surface area contributed by atoms with E-state index in [-0.39, 0.29) is 27.5 Å². The number of hydrogen-bond donors (Lipinski definition) is 2. The standard InChI is InChI=1S/C21H16ClN3O4/c1-13-5-4-6-14(11-13)23-20(26)16-7-2-3-8-19(16)24-21(27)17-12-15(25(28)29)9-10-18(17)22/h2-12H,1H3,(H,23,26)(H,24,27). The van der Waals surface area contributed by atoms with E-state index < -0.39 is 16.7 Å². The van der Waals surface area contributed by atoms with Crippen LogP contribution in [0.3, 0.4) is 0 Å². The Bertz CT molecular complexity index is 1110. The second kappa shape index (κ2) is 8.53. The van der Waals surface area contributed by atoms with Gasteiger partial charge in [-0.05, 0) is 42.8 Å². The molecule has 0 bridgehead atoms. The molecule has 8 heteroatoms. The van der Waals surface area contributed by atoms with Crippen molar-refractivity contribution >= 4 is 40.5 Å². The van der Waals surface area contributed by atoms with Gasteiger partial charge in [0.2, 0.25) is 0 Å². The molecule has 146 valence electrons. The van der Waals surface area contributed by atoms with E-state index in [1.54, 1.807) is 30.3 Å². The highest BCUT2D eigenvalue weighted by Crippen LogP contribution is 2.24. The Balaban J connectivity index is 1.86. The molecule has 0 saturated carbocycles. The van der Waals surface area contributed by atoms with Crippen LogP contribution in [-0.2, 0) is 0 Å². The van der Waals surface area contributed by atoms with Gasteiger partial charge < -0.3 is 10.6 Å². The molecule has 0 aromatic heterocycles. The quantitative estimate of drug-likeness (QED) is 0.454. The van der Waals surface area contributed by atoms with E-state index in [9.17, 15) is 19.7 Å². The topological polar surface area (TPSA) is 101 Å². The molecule has 0 aliphatic rings. The summed E-state index contributed by atoms with van der Waals surface area (Å²) in [6, 6.07) is 17.4. The van der Waals surface area contributed by atoms with Crippen molar-refractivity contribution < 1.29 is 14.5 Å². The van der Waals surface area contributed by atoms with E-state index >= 15 is 0 Å². The van der Waals surface area contributed by atoms with Gasteiger partial charge in [-0.1, -0.05) is 35.9 Å². The molecule has 3 rings (SSSR count). The van der Waals surface area contributed by atoms with Crippen LogP contribution >= 0.6 is 11.6 Å². The zero-order chi connectivity index (χ0) is 21.0. The smallest absolute Gasteiger partial charge is 0.270 e. The first-order valence-corrected chi connectivity index (χ1v) is 8.95. The van der Waals surface area contributed by atoms with Crippen molar-refractivity contribution in [2.24, 2.45) is 0 Å². The number of rotatable bonds is 5. The number of hydrogen-bond acceptors (Lipinski definition) is 4. The number of nitrogens with zero attached hydrogens (tertiary/aromatic N) is 1. The number of halogens is 1. The molecule has 0 radical (unpaired) electrons. The summed E-state index contributed by atoms with van der Waals surface area (Å²) in [7, 11) is 0. The van der Waals surface area contributed by atoms with Crippen LogP contribution in [0.4, 0.5) is 17.1 Å². The van der Waals surface area contributed by atoms with E-state index in [2.05, 4.69) is 10.6 Å². The van der Waals surface area contributed by atoms with Crippen LogP contribution in [0, 0.1) is 17.0 Å². The van der Waals surface area contributed by atoms with Crippen LogP contribution in [-0.4, -0.2) is 16.7 Å². The molecule has 2 amide bonds. The number of nitrogens with one attached hydrogen (secondary N) is 2. The largest absolute Gasteiger partial charge is 0.322 e. The number of anilines is 2. The monoisotopic (exact) mass is 409 g/mol. The van der Waals surface area contributed by atoms with Gasteiger partial charge in [-0.25, -0.2) is 0 Å². The van der Waals surface area contributed by atoms with Crippen LogP contribution in [0.5, 0.6) is 0 Å². The molecule has 0 unspecified atom stereocenters. The fourth-order valence-electron chi connectivity index (χ4n) is 2.70. The molecule has 3 aromatic rings. The predicted octanol–water partition coefficient (Wildman–Crippen LogP) is 5.06. The van der Waals surface area contributed by atoms with Gasteiger partial charge in [0.05, 0.1) is 26.8 Å². The summed E-state index contributed by atoms with van der Waals surface area (Å²) < 4.78 is 0. The third kappa shape index (κ3) is 4.77. The van der Waals surface area contributed by atoms with Gasteiger partial charge in [-0.15, -0.1) is 0 Å². The zero-order valence-corrected chi connectivity index (χ0v) is 16.1. The van der Waals surface area contributed by atoms with Gasteiger partial charge in [0, 0.05) is 17.8 Å². The second-order valence-electron chi connectivity index (χ2n) is 6.24. The minimum Gasteiger partial charge on any atom is -0.322 e. The Morgan fingerprint density at radius 1 is 0.897 bits per heavy atom. The van der Waals surface area contributed by atoms with Crippen LogP contribution < -0.4 is 10.6 Å². The van der Waals surface area contributed by atoms with Crippen molar-refractivity contribution in [2.45, 2.75) is 6.92 Å². The zero-order valence-electron chi connectivity index (χ0n) is 15.3. The third-order valence-electron chi connectivity index (χ3n) is 4.10. The normalized spacial score (nSPS) is 10.3. The summed E-state index contributed by atoms with van der Waals surface area (Å²) in [4.78, 5) is 35.7. The van der Waals surface area contributed by atoms with Crippen molar-refractivity contribution in [3.05, 3.63) is 98.6 Å². The van der Waals surface area contributed by atoms with Crippen molar-refractivity contribution in [3.63, 3.8) is 0 Å². The molecule has 0 heterocycles. The Morgan fingerprint density at radius 2 is 1.62 bits per heavy atom. The lowest BCUT2D eigenvalue weighted by atomic mass is 10.1. The highest BCUT2D eigenvalue weighted by Gasteiger charge is 2.18. The summed E-state index contributed by atoms with van der Waals surface area (Å²) in [6.45, 7) is 1.91. The summed E-state index contributed by atoms with van der Waals surface area (Å²) in [6.07, 6.45) is 0. The minimum atomic E-state index is -0.658. The highest BCUT2D eigenvalue weighted by atomic mass is 35.5. The Hall–Kier alpha value is -3.71. The molecule has 29 heavy (non-hydrogen) atoms. The number of amides is 2. The minimum absolute atomic E-state index is 0.0604. The molecule has 0 fully saturated rings. The summed E-state index contributed by atoms with van der Waals surface area (Å²) in [5.74, 6) is -1.06. The molecule has 0 atom stereocenters. The third-order valence-corrected chi connectivity index (χ3v) is 4.43. The lowest BCUT2D eigenvalue weighted by molar-refractivity contribution is -0.384. The van der Waals surface area contributed by atoms with Crippen LogP contribution in [0.2, 0.25) is 5.02 Å². The number of nitro benzene ring substituents is 1. The summed E-state index contributed by atoms with van der Waals surface area (Å²) >= 11 is 6.02. The Morgan fingerprint density at radius 3 is 2.34 bits per heavy atom. The first kappa shape index (κ1) is 20.0. The molecular formula is C21H16ClN3O4. The molecule has 3 aromatic carbocycles. The maximum absolute atomic E-state index is 12.7. The molecule has 0 aliphatic heterocycles. The first-order valence-electron chi connectivity index (χ1n) is 8.57. The lowest BCUT2D eigenvalue weighted by Gasteiger charge is -2.12. The predicted molar refractivity (Wildman–Crippen MR) is 112 cm³/mol.